The Morgan fingerprint density at radius 1 is 1.00 bits per heavy atom. The van der Waals surface area contributed by atoms with Crippen LogP contribution in [0, 0.1) is 6.92 Å². The van der Waals surface area contributed by atoms with Crippen molar-refractivity contribution in [3.05, 3.63) is 57.6 Å². The van der Waals surface area contributed by atoms with Crippen LogP contribution in [0.1, 0.15) is 26.3 Å². The predicted molar refractivity (Wildman–Crippen MR) is 80.9 cm³/mol. The van der Waals surface area contributed by atoms with Crippen LogP contribution in [0.3, 0.4) is 0 Å². The molecule has 0 bridgehead atoms. The first-order valence-electron chi connectivity index (χ1n) is 6.03. The zero-order chi connectivity index (χ0) is 14.4. The van der Waals surface area contributed by atoms with E-state index in [1.165, 1.54) is 11.0 Å². The summed E-state index contributed by atoms with van der Waals surface area (Å²) in [5, 5.41) is 0. The summed E-state index contributed by atoms with van der Waals surface area (Å²) in [4.78, 5) is 26.0. The van der Waals surface area contributed by atoms with E-state index in [1.807, 2.05) is 19.1 Å². The summed E-state index contributed by atoms with van der Waals surface area (Å²) >= 11 is 3.40. The second-order valence-corrected chi connectivity index (χ2v) is 5.56. The summed E-state index contributed by atoms with van der Waals surface area (Å²) in [6.07, 6.45) is 0. The molecule has 2 amide bonds. The molecule has 0 unspecified atom stereocenters. The highest BCUT2D eigenvalue weighted by Crippen LogP contribution is 2.34. The summed E-state index contributed by atoms with van der Waals surface area (Å²) < 4.78 is 0.708. The van der Waals surface area contributed by atoms with Crippen LogP contribution in [0.15, 0.2) is 40.9 Å². The molecule has 100 valence electrons. The van der Waals surface area contributed by atoms with Gasteiger partial charge in [0.05, 0.1) is 16.8 Å². The number of nitrogen functional groups attached to an aromatic ring is 1. The van der Waals surface area contributed by atoms with E-state index in [1.54, 1.807) is 18.2 Å². The van der Waals surface area contributed by atoms with E-state index in [0.29, 0.717) is 27.0 Å². The first kappa shape index (κ1) is 12.9. The fourth-order valence-corrected chi connectivity index (χ4v) is 2.94. The van der Waals surface area contributed by atoms with E-state index in [2.05, 4.69) is 15.9 Å². The molecule has 0 atom stereocenters. The number of fused-ring (bicyclic) bond motifs is 1. The Morgan fingerprint density at radius 3 is 2.40 bits per heavy atom. The standard InChI is InChI=1S/C15H11BrN2O2/c1-8-2-5-13(12(16)6-8)18-14(19)10-4-3-9(17)7-11(10)15(18)20/h2-7H,17H2,1H3. The molecule has 5 heteroatoms. The molecule has 0 radical (unpaired) electrons. The lowest BCUT2D eigenvalue weighted by molar-refractivity contribution is 0.0926. The molecular weight excluding hydrogens is 320 g/mol. The lowest BCUT2D eigenvalue weighted by Crippen LogP contribution is -2.29. The van der Waals surface area contributed by atoms with E-state index < -0.39 is 0 Å². The SMILES string of the molecule is Cc1ccc(N2C(=O)c3ccc(N)cc3C2=O)c(Br)c1. The molecule has 0 saturated heterocycles. The van der Waals surface area contributed by atoms with E-state index in [4.69, 9.17) is 5.73 Å². The fraction of sp³-hybridized carbons (Fsp3) is 0.0667. The van der Waals surface area contributed by atoms with Gasteiger partial charge in [-0.05, 0) is 58.7 Å². The Morgan fingerprint density at radius 2 is 1.70 bits per heavy atom. The van der Waals surface area contributed by atoms with Gasteiger partial charge in [-0.25, -0.2) is 4.90 Å². The highest BCUT2D eigenvalue weighted by molar-refractivity contribution is 9.10. The number of anilines is 2. The van der Waals surface area contributed by atoms with Gasteiger partial charge in [0.25, 0.3) is 11.8 Å². The molecule has 0 fully saturated rings. The number of rotatable bonds is 1. The van der Waals surface area contributed by atoms with Gasteiger partial charge in [-0.2, -0.15) is 0 Å². The summed E-state index contributed by atoms with van der Waals surface area (Å²) in [5.41, 5.74) is 8.47. The van der Waals surface area contributed by atoms with Crippen molar-refractivity contribution in [3.63, 3.8) is 0 Å². The second-order valence-electron chi connectivity index (χ2n) is 4.71. The second kappa shape index (κ2) is 4.45. The van der Waals surface area contributed by atoms with Crippen molar-refractivity contribution in [2.45, 2.75) is 6.92 Å². The normalized spacial score (nSPS) is 13.8. The van der Waals surface area contributed by atoms with Crippen molar-refractivity contribution in [3.8, 4) is 0 Å². The van der Waals surface area contributed by atoms with E-state index in [9.17, 15) is 9.59 Å². The number of carbonyl (C=O) groups excluding carboxylic acids is 2. The molecule has 0 spiro atoms. The van der Waals surface area contributed by atoms with Crippen LogP contribution in [0.5, 0.6) is 0 Å². The summed E-state index contributed by atoms with van der Waals surface area (Å²) in [6.45, 7) is 1.94. The number of hydrogen-bond donors (Lipinski definition) is 1. The molecular formula is C15H11BrN2O2. The van der Waals surface area contributed by atoms with Gasteiger partial charge in [0.2, 0.25) is 0 Å². The van der Waals surface area contributed by atoms with Gasteiger partial charge in [0, 0.05) is 10.2 Å². The average Bonchev–Trinajstić information content (AvgIpc) is 2.63. The molecule has 4 nitrogen and oxygen atoms in total. The number of carbonyl (C=O) groups is 2. The summed E-state index contributed by atoms with van der Waals surface area (Å²) in [5.74, 6) is -0.670. The van der Waals surface area contributed by atoms with E-state index in [0.717, 1.165) is 5.56 Å². The third-order valence-corrected chi connectivity index (χ3v) is 3.89. The smallest absolute Gasteiger partial charge is 0.266 e. The topological polar surface area (TPSA) is 63.4 Å². The number of halogens is 1. The number of benzene rings is 2. The number of aryl methyl sites for hydroxylation is 1. The predicted octanol–water partition coefficient (Wildman–Crippen LogP) is 3.14. The number of hydrogen-bond acceptors (Lipinski definition) is 3. The van der Waals surface area contributed by atoms with Crippen LogP contribution in [0.25, 0.3) is 0 Å². The van der Waals surface area contributed by atoms with Crippen LogP contribution in [0.2, 0.25) is 0 Å². The summed E-state index contributed by atoms with van der Waals surface area (Å²) in [7, 11) is 0. The molecule has 0 saturated carbocycles. The zero-order valence-electron chi connectivity index (χ0n) is 10.7. The van der Waals surface area contributed by atoms with Gasteiger partial charge in [-0.15, -0.1) is 0 Å². The van der Waals surface area contributed by atoms with Crippen LogP contribution >= 0.6 is 15.9 Å². The average molecular weight is 331 g/mol. The molecule has 2 aromatic carbocycles. The van der Waals surface area contributed by atoms with Crippen LogP contribution < -0.4 is 10.6 Å². The fourth-order valence-electron chi connectivity index (χ4n) is 2.27. The molecule has 2 N–H and O–H groups in total. The van der Waals surface area contributed by atoms with Crippen LogP contribution in [0.4, 0.5) is 11.4 Å². The van der Waals surface area contributed by atoms with Crippen molar-refractivity contribution in [2.75, 3.05) is 10.6 Å². The Hall–Kier alpha value is -2.14. The lowest BCUT2D eigenvalue weighted by Gasteiger charge is -2.16. The zero-order valence-corrected chi connectivity index (χ0v) is 12.3. The van der Waals surface area contributed by atoms with Crippen LogP contribution in [-0.2, 0) is 0 Å². The summed E-state index contributed by atoms with van der Waals surface area (Å²) in [6, 6.07) is 10.2. The highest BCUT2D eigenvalue weighted by atomic mass is 79.9. The van der Waals surface area contributed by atoms with Crippen molar-refractivity contribution in [1.82, 2.24) is 0 Å². The number of nitrogens with zero attached hydrogens (tertiary/aromatic N) is 1. The maximum atomic E-state index is 12.4. The van der Waals surface area contributed by atoms with Gasteiger partial charge < -0.3 is 5.73 Å². The van der Waals surface area contributed by atoms with E-state index >= 15 is 0 Å². The minimum absolute atomic E-state index is 0.324. The number of amides is 2. The quantitative estimate of drug-likeness (QED) is 0.645. The molecule has 1 heterocycles. The van der Waals surface area contributed by atoms with Crippen molar-refractivity contribution in [1.29, 1.82) is 0 Å². The Bertz CT molecular complexity index is 756. The van der Waals surface area contributed by atoms with Crippen molar-refractivity contribution < 1.29 is 9.59 Å². The van der Waals surface area contributed by atoms with Gasteiger partial charge >= 0.3 is 0 Å². The number of nitrogens with two attached hydrogens (primary N) is 1. The first-order valence-corrected chi connectivity index (χ1v) is 6.83. The first-order chi connectivity index (χ1) is 9.49. The van der Waals surface area contributed by atoms with Gasteiger partial charge in [-0.3, -0.25) is 9.59 Å². The van der Waals surface area contributed by atoms with Crippen molar-refractivity contribution in [2.24, 2.45) is 0 Å². The third kappa shape index (κ3) is 1.82. The molecule has 0 aliphatic carbocycles. The highest BCUT2D eigenvalue weighted by Gasteiger charge is 2.37. The molecule has 3 rings (SSSR count). The molecule has 1 aliphatic rings. The molecule has 1 aliphatic heterocycles. The molecule has 0 aromatic heterocycles. The van der Waals surface area contributed by atoms with Gasteiger partial charge in [-0.1, -0.05) is 6.07 Å². The maximum Gasteiger partial charge on any atom is 0.266 e. The molecule has 2 aromatic rings. The van der Waals surface area contributed by atoms with Gasteiger partial charge in [0.1, 0.15) is 0 Å². The minimum Gasteiger partial charge on any atom is -0.399 e. The van der Waals surface area contributed by atoms with Crippen LogP contribution in [-0.4, -0.2) is 11.8 Å². The molecule has 20 heavy (non-hydrogen) atoms. The van der Waals surface area contributed by atoms with Gasteiger partial charge in [0.15, 0.2) is 0 Å². The Kier molecular flexibility index (Phi) is 2.87. The van der Waals surface area contributed by atoms with Crippen molar-refractivity contribution >= 4 is 39.1 Å². The third-order valence-electron chi connectivity index (χ3n) is 3.25. The Balaban J connectivity index is 2.14. The minimum atomic E-state index is -0.346. The maximum absolute atomic E-state index is 12.4. The Labute approximate surface area is 124 Å². The van der Waals surface area contributed by atoms with E-state index in [-0.39, 0.29) is 11.8 Å². The lowest BCUT2D eigenvalue weighted by atomic mass is 10.1. The monoisotopic (exact) mass is 330 g/mol. The largest absolute Gasteiger partial charge is 0.399 e. The number of imide groups is 1.